The van der Waals surface area contributed by atoms with Crippen molar-refractivity contribution in [3.05, 3.63) is 70.1 Å². The number of benzene rings is 1. The van der Waals surface area contributed by atoms with Gasteiger partial charge in [-0.25, -0.2) is 13.4 Å². The number of aromatic nitrogens is 4. The lowest BCUT2D eigenvalue weighted by Crippen LogP contribution is -2.16. The summed E-state index contributed by atoms with van der Waals surface area (Å²) in [5.74, 6) is 1.40. The van der Waals surface area contributed by atoms with Crippen molar-refractivity contribution < 1.29 is 22.0 Å². The van der Waals surface area contributed by atoms with Crippen LogP contribution >= 0.6 is 0 Å². The molecule has 0 saturated carbocycles. The first kappa shape index (κ1) is 25.2. The molecule has 38 heavy (non-hydrogen) atoms. The van der Waals surface area contributed by atoms with E-state index in [1.165, 1.54) is 23.8 Å². The normalized spacial score (nSPS) is 11.7. The maximum absolute atomic E-state index is 13.0. The van der Waals surface area contributed by atoms with Crippen LogP contribution in [0.1, 0.15) is 23.9 Å². The number of furan rings is 1. The number of hydrogen-bond acceptors (Lipinski definition) is 9. The van der Waals surface area contributed by atoms with Gasteiger partial charge in [0.2, 0.25) is 21.8 Å². The highest BCUT2D eigenvalue weighted by atomic mass is 32.2. The minimum absolute atomic E-state index is 0.113. The summed E-state index contributed by atoms with van der Waals surface area (Å²) in [6.07, 6.45) is 2.97. The molecular formula is C26H25N5O6S. The summed E-state index contributed by atoms with van der Waals surface area (Å²) in [6, 6.07) is 8.90. The van der Waals surface area contributed by atoms with Gasteiger partial charge in [-0.2, -0.15) is 0 Å². The lowest BCUT2D eigenvalue weighted by molar-refractivity contribution is 0.458. The molecule has 0 aliphatic heterocycles. The van der Waals surface area contributed by atoms with Crippen LogP contribution in [0.5, 0.6) is 11.6 Å². The Kier molecular flexibility index (Phi) is 6.27. The van der Waals surface area contributed by atoms with Crippen molar-refractivity contribution in [2.75, 3.05) is 10.5 Å². The molecular weight excluding hydrogens is 510 g/mol. The highest BCUT2D eigenvalue weighted by molar-refractivity contribution is 7.92. The van der Waals surface area contributed by atoms with Crippen molar-refractivity contribution in [3.63, 3.8) is 0 Å². The number of aryl methyl sites for hydroxylation is 4. The molecule has 5 rings (SSSR count). The van der Waals surface area contributed by atoms with Crippen molar-refractivity contribution >= 4 is 26.7 Å². The quantitative estimate of drug-likeness (QED) is 0.313. The third-order valence-electron chi connectivity index (χ3n) is 5.99. The standard InChI is InChI=1S/C26H25N5O6S/c1-6-38(33,34)30-17-10-18(24(27-12-17)37-22-14(2)8-7-9-15(22)3)20-13-31(5)26(32)19-11-21(36-23(19)20)25-29-28-16(4)35-25/h7-13,30H,6H2,1-5H3. The fraction of sp³-hybridized carbons (Fsp3) is 0.231. The summed E-state index contributed by atoms with van der Waals surface area (Å²) in [5, 5.41) is 8.09. The minimum Gasteiger partial charge on any atom is -0.450 e. The van der Waals surface area contributed by atoms with Crippen LogP contribution in [0.25, 0.3) is 33.7 Å². The number of para-hydroxylation sites is 1. The van der Waals surface area contributed by atoms with E-state index < -0.39 is 10.0 Å². The molecule has 4 heterocycles. The molecule has 1 aromatic carbocycles. The van der Waals surface area contributed by atoms with Crippen LogP contribution in [0.15, 0.2) is 56.4 Å². The van der Waals surface area contributed by atoms with Gasteiger partial charge < -0.3 is 18.1 Å². The molecule has 0 spiro atoms. The fourth-order valence-corrected chi connectivity index (χ4v) is 4.65. The van der Waals surface area contributed by atoms with Crippen LogP contribution < -0.4 is 15.0 Å². The molecule has 0 fully saturated rings. The lowest BCUT2D eigenvalue weighted by Gasteiger charge is -2.16. The van der Waals surface area contributed by atoms with Crippen LogP contribution in [0.4, 0.5) is 5.69 Å². The highest BCUT2D eigenvalue weighted by Crippen LogP contribution is 2.40. The second kappa shape index (κ2) is 9.45. The summed E-state index contributed by atoms with van der Waals surface area (Å²) in [4.78, 5) is 17.5. The third kappa shape index (κ3) is 4.65. The Hall–Kier alpha value is -4.45. The molecule has 11 nitrogen and oxygen atoms in total. The zero-order valence-corrected chi connectivity index (χ0v) is 22.2. The number of rotatable bonds is 7. The maximum atomic E-state index is 13.0. The Morgan fingerprint density at radius 2 is 1.79 bits per heavy atom. The van der Waals surface area contributed by atoms with Crippen LogP contribution in [0, 0.1) is 20.8 Å². The monoisotopic (exact) mass is 535 g/mol. The number of fused-ring (bicyclic) bond motifs is 1. The molecule has 0 aliphatic rings. The van der Waals surface area contributed by atoms with Gasteiger partial charge in [0.05, 0.1) is 28.6 Å². The van der Waals surface area contributed by atoms with E-state index in [4.69, 9.17) is 13.6 Å². The van der Waals surface area contributed by atoms with Crippen LogP contribution in [0.3, 0.4) is 0 Å². The minimum atomic E-state index is -3.58. The smallest absolute Gasteiger partial charge is 0.283 e. The van der Waals surface area contributed by atoms with E-state index in [-0.39, 0.29) is 45.5 Å². The number of anilines is 1. The predicted octanol–water partition coefficient (Wildman–Crippen LogP) is 4.72. The second-order valence-electron chi connectivity index (χ2n) is 8.84. The molecule has 0 unspecified atom stereocenters. The van der Waals surface area contributed by atoms with Crippen LogP contribution in [0.2, 0.25) is 0 Å². The van der Waals surface area contributed by atoms with Crippen molar-refractivity contribution in [1.82, 2.24) is 19.7 Å². The first-order valence-electron chi connectivity index (χ1n) is 11.7. The Labute approximate surface area is 218 Å². The van der Waals surface area contributed by atoms with Gasteiger partial charge in [0.25, 0.3) is 11.4 Å². The molecule has 196 valence electrons. The number of nitrogens with one attached hydrogen (secondary N) is 1. The van der Waals surface area contributed by atoms with Gasteiger partial charge in [-0.15, -0.1) is 10.2 Å². The van der Waals surface area contributed by atoms with E-state index in [1.807, 2.05) is 32.0 Å². The molecule has 1 N–H and O–H groups in total. The van der Waals surface area contributed by atoms with E-state index in [0.717, 1.165) is 11.1 Å². The first-order chi connectivity index (χ1) is 18.1. The van der Waals surface area contributed by atoms with Gasteiger partial charge in [-0.1, -0.05) is 18.2 Å². The van der Waals surface area contributed by atoms with Crippen molar-refractivity contribution in [1.29, 1.82) is 0 Å². The molecule has 12 heteroatoms. The second-order valence-corrected chi connectivity index (χ2v) is 10.9. The largest absolute Gasteiger partial charge is 0.450 e. The molecule has 0 bridgehead atoms. The molecule has 0 amide bonds. The van der Waals surface area contributed by atoms with Gasteiger partial charge in [0, 0.05) is 31.8 Å². The maximum Gasteiger partial charge on any atom is 0.283 e. The van der Waals surface area contributed by atoms with E-state index in [2.05, 4.69) is 19.9 Å². The Morgan fingerprint density at radius 3 is 2.45 bits per heavy atom. The Morgan fingerprint density at radius 1 is 1.05 bits per heavy atom. The highest BCUT2D eigenvalue weighted by Gasteiger charge is 2.23. The predicted molar refractivity (Wildman–Crippen MR) is 142 cm³/mol. The Bertz CT molecular complexity index is 1830. The third-order valence-corrected chi connectivity index (χ3v) is 7.30. The van der Waals surface area contributed by atoms with Crippen LogP contribution in [-0.4, -0.2) is 33.9 Å². The number of hydrogen-bond donors (Lipinski definition) is 1. The van der Waals surface area contributed by atoms with Gasteiger partial charge in [-0.3, -0.25) is 9.52 Å². The van der Waals surface area contributed by atoms with E-state index in [9.17, 15) is 13.2 Å². The first-order valence-corrected chi connectivity index (χ1v) is 13.4. The van der Waals surface area contributed by atoms with Gasteiger partial charge in [0.15, 0.2) is 5.76 Å². The van der Waals surface area contributed by atoms with Crippen molar-refractivity contribution in [3.8, 4) is 34.4 Å². The summed E-state index contributed by atoms with van der Waals surface area (Å²) in [5.41, 5.74) is 2.82. The van der Waals surface area contributed by atoms with Gasteiger partial charge >= 0.3 is 0 Å². The summed E-state index contributed by atoms with van der Waals surface area (Å²) < 4.78 is 46.4. The van der Waals surface area contributed by atoms with E-state index in [0.29, 0.717) is 22.8 Å². The molecule has 0 radical (unpaired) electrons. The van der Waals surface area contributed by atoms with Crippen molar-refractivity contribution in [2.24, 2.45) is 7.05 Å². The SMILES string of the molecule is CCS(=O)(=O)Nc1cnc(Oc2c(C)cccc2C)c(-c2cn(C)c(=O)c3cc(-c4nnc(C)o4)oc23)c1. The fourth-order valence-electron chi connectivity index (χ4n) is 4.04. The molecule has 4 aromatic heterocycles. The zero-order valence-electron chi connectivity index (χ0n) is 21.4. The van der Waals surface area contributed by atoms with Gasteiger partial charge in [-0.05, 0) is 38.0 Å². The zero-order chi connectivity index (χ0) is 27.2. The summed E-state index contributed by atoms with van der Waals surface area (Å²) >= 11 is 0. The molecule has 0 atom stereocenters. The average Bonchev–Trinajstić information content (AvgIpc) is 3.51. The number of sulfonamides is 1. The summed E-state index contributed by atoms with van der Waals surface area (Å²) in [6.45, 7) is 7.02. The Balaban J connectivity index is 1.76. The number of ether oxygens (including phenoxy) is 1. The topological polar surface area (TPSA) is 142 Å². The number of pyridine rings is 2. The average molecular weight is 536 g/mol. The summed E-state index contributed by atoms with van der Waals surface area (Å²) in [7, 11) is -1.97. The van der Waals surface area contributed by atoms with Crippen LogP contribution in [-0.2, 0) is 17.1 Å². The lowest BCUT2D eigenvalue weighted by atomic mass is 10.1. The molecule has 0 saturated heterocycles. The molecule has 0 aliphatic carbocycles. The molecule has 5 aromatic rings. The number of nitrogens with zero attached hydrogens (tertiary/aromatic N) is 4. The van der Waals surface area contributed by atoms with E-state index in [1.54, 1.807) is 26.2 Å². The van der Waals surface area contributed by atoms with Gasteiger partial charge in [0.1, 0.15) is 11.3 Å². The van der Waals surface area contributed by atoms with Crippen molar-refractivity contribution in [2.45, 2.75) is 27.7 Å². The van der Waals surface area contributed by atoms with E-state index >= 15 is 0 Å².